The predicted octanol–water partition coefficient (Wildman–Crippen LogP) is 3.69. The number of benzene rings is 1. The summed E-state index contributed by atoms with van der Waals surface area (Å²) >= 11 is 5.95. The highest BCUT2D eigenvalue weighted by molar-refractivity contribution is 6.30. The highest BCUT2D eigenvalue weighted by Gasteiger charge is 2.08. The molecule has 19 heavy (non-hydrogen) atoms. The smallest absolute Gasteiger partial charge is 0.143 e. The molecule has 0 unspecified atom stereocenters. The van der Waals surface area contributed by atoms with Crippen LogP contribution in [0.3, 0.4) is 0 Å². The minimum atomic E-state index is 0.100. The number of nitrogens with one attached hydrogen (secondary N) is 1. The van der Waals surface area contributed by atoms with Gasteiger partial charge in [0.2, 0.25) is 0 Å². The minimum absolute atomic E-state index is 0.100. The summed E-state index contributed by atoms with van der Waals surface area (Å²) in [5, 5.41) is 13.7. The maximum absolute atomic E-state index is 10.0. The summed E-state index contributed by atoms with van der Waals surface area (Å²) in [5.41, 5.74) is 2.80. The number of aromatic hydroxyl groups is 1. The number of nitrogens with zero attached hydrogens (tertiary/aromatic N) is 1. The van der Waals surface area contributed by atoms with Gasteiger partial charge >= 0.3 is 0 Å². The standard InChI is InChI=1S/C15H15ClN2O/c1-3-17-10(2)15-14(19)8-12(9-18-15)11-5-4-6-13(16)7-11/h4-9,17,19H,2-3H2,1H3. The second kappa shape index (κ2) is 5.76. The van der Waals surface area contributed by atoms with Crippen LogP contribution in [0.5, 0.6) is 5.75 Å². The van der Waals surface area contributed by atoms with Crippen LogP contribution < -0.4 is 5.32 Å². The van der Waals surface area contributed by atoms with Crippen molar-refractivity contribution in [2.75, 3.05) is 6.54 Å². The van der Waals surface area contributed by atoms with Crippen LogP contribution in [0, 0.1) is 0 Å². The number of halogens is 1. The van der Waals surface area contributed by atoms with Crippen molar-refractivity contribution in [1.82, 2.24) is 10.3 Å². The maximum atomic E-state index is 10.0. The molecule has 1 aromatic heterocycles. The Kier molecular flexibility index (Phi) is 4.07. The van der Waals surface area contributed by atoms with Crippen LogP contribution in [0.25, 0.3) is 16.8 Å². The average Bonchev–Trinajstić information content (AvgIpc) is 2.38. The number of pyridine rings is 1. The molecular formula is C15H15ClN2O. The first kappa shape index (κ1) is 13.4. The van der Waals surface area contributed by atoms with Gasteiger partial charge in [0.1, 0.15) is 11.4 Å². The van der Waals surface area contributed by atoms with E-state index in [4.69, 9.17) is 11.6 Å². The molecule has 0 bridgehead atoms. The number of hydrogen-bond acceptors (Lipinski definition) is 3. The minimum Gasteiger partial charge on any atom is -0.506 e. The molecule has 2 aromatic rings. The van der Waals surface area contributed by atoms with E-state index in [-0.39, 0.29) is 5.75 Å². The summed E-state index contributed by atoms with van der Waals surface area (Å²) in [6.45, 7) is 6.53. The van der Waals surface area contributed by atoms with E-state index in [1.807, 2.05) is 25.1 Å². The third-order valence-electron chi connectivity index (χ3n) is 2.70. The zero-order valence-electron chi connectivity index (χ0n) is 10.7. The van der Waals surface area contributed by atoms with Crippen molar-refractivity contribution in [2.45, 2.75) is 6.92 Å². The molecule has 0 fully saturated rings. The van der Waals surface area contributed by atoms with Crippen LogP contribution in [0.15, 0.2) is 43.1 Å². The van der Waals surface area contributed by atoms with Crippen LogP contribution in [0.2, 0.25) is 5.02 Å². The lowest BCUT2D eigenvalue weighted by atomic mass is 10.1. The molecule has 0 radical (unpaired) electrons. The average molecular weight is 275 g/mol. The van der Waals surface area contributed by atoms with Crippen molar-refractivity contribution in [3.05, 3.63) is 53.8 Å². The quantitative estimate of drug-likeness (QED) is 0.894. The molecular weight excluding hydrogens is 260 g/mol. The number of hydrogen-bond donors (Lipinski definition) is 2. The SMILES string of the molecule is C=C(NCC)c1ncc(-c2cccc(Cl)c2)cc1O. The Morgan fingerprint density at radius 3 is 2.79 bits per heavy atom. The lowest BCUT2D eigenvalue weighted by Gasteiger charge is -2.10. The van der Waals surface area contributed by atoms with Crippen molar-refractivity contribution >= 4 is 17.3 Å². The molecule has 2 N–H and O–H groups in total. The summed E-state index contributed by atoms with van der Waals surface area (Å²) in [5.74, 6) is 0.100. The summed E-state index contributed by atoms with van der Waals surface area (Å²) < 4.78 is 0. The molecule has 98 valence electrons. The third kappa shape index (κ3) is 3.06. The fraction of sp³-hybridized carbons (Fsp3) is 0.133. The number of rotatable bonds is 4. The molecule has 0 spiro atoms. The van der Waals surface area contributed by atoms with E-state index in [2.05, 4.69) is 16.9 Å². The first-order valence-electron chi connectivity index (χ1n) is 6.00. The Hall–Kier alpha value is -2.00. The van der Waals surface area contributed by atoms with Crippen molar-refractivity contribution in [2.24, 2.45) is 0 Å². The van der Waals surface area contributed by atoms with E-state index in [1.165, 1.54) is 0 Å². The van der Waals surface area contributed by atoms with Gasteiger partial charge in [-0.1, -0.05) is 30.3 Å². The lowest BCUT2D eigenvalue weighted by Crippen LogP contribution is -2.11. The maximum Gasteiger partial charge on any atom is 0.143 e. The zero-order chi connectivity index (χ0) is 13.8. The molecule has 1 heterocycles. The zero-order valence-corrected chi connectivity index (χ0v) is 11.4. The molecule has 1 aromatic carbocycles. The molecule has 0 amide bonds. The van der Waals surface area contributed by atoms with Crippen LogP contribution in [-0.2, 0) is 0 Å². The van der Waals surface area contributed by atoms with Crippen molar-refractivity contribution in [3.8, 4) is 16.9 Å². The van der Waals surface area contributed by atoms with Crippen LogP contribution in [0.4, 0.5) is 0 Å². The Morgan fingerprint density at radius 2 is 2.16 bits per heavy atom. The van der Waals surface area contributed by atoms with Crippen LogP contribution in [-0.4, -0.2) is 16.6 Å². The first-order chi connectivity index (χ1) is 9.11. The van der Waals surface area contributed by atoms with E-state index < -0.39 is 0 Å². The van der Waals surface area contributed by atoms with Crippen LogP contribution >= 0.6 is 11.6 Å². The van der Waals surface area contributed by atoms with E-state index in [9.17, 15) is 5.11 Å². The van der Waals surface area contributed by atoms with Crippen LogP contribution in [0.1, 0.15) is 12.6 Å². The van der Waals surface area contributed by atoms with Gasteiger partial charge in [0.25, 0.3) is 0 Å². The second-order valence-corrected chi connectivity index (χ2v) is 4.55. The fourth-order valence-corrected chi connectivity index (χ4v) is 2.00. The molecule has 0 aliphatic carbocycles. The van der Waals surface area contributed by atoms with Gasteiger partial charge in [-0.15, -0.1) is 0 Å². The highest BCUT2D eigenvalue weighted by atomic mass is 35.5. The summed E-state index contributed by atoms with van der Waals surface area (Å²) in [4.78, 5) is 4.25. The molecule has 2 rings (SSSR count). The Balaban J connectivity index is 2.36. The Morgan fingerprint density at radius 1 is 1.37 bits per heavy atom. The molecule has 3 nitrogen and oxygen atoms in total. The van der Waals surface area contributed by atoms with Gasteiger partial charge in [0, 0.05) is 23.3 Å². The summed E-state index contributed by atoms with van der Waals surface area (Å²) in [6, 6.07) is 9.08. The molecule has 0 atom stereocenters. The predicted molar refractivity (Wildman–Crippen MR) is 79.1 cm³/mol. The molecule has 0 aliphatic heterocycles. The summed E-state index contributed by atoms with van der Waals surface area (Å²) in [6.07, 6.45) is 1.70. The molecule has 0 saturated heterocycles. The monoisotopic (exact) mass is 274 g/mol. The van der Waals surface area contributed by atoms with Crippen molar-refractivity contribution < 1.29 is 5.11 Å². The second-order valence-electron chi connectivity index (χ2n) is 4.11. The van der Waals surface area contributed by atoms with Crippen molar-refractivity contribution in [1.29, 1.82) is 0 Å². The van der Waals surface area contributed by atoms with Gasteiger partial charge in [-0.25, -0.2) is 0 Å². The third-order valence-corrected chi connectivity index (χ3v) is 2.94. The largest absolute Gasteiger partial charge is 0.506 e. The van der Waals surface area contributed by atoms with E-state index in [1.54, 1.807) is 18.3 Å². The van der Waals surface area contributed by atoms with E-state index in [0.717, 1.165) is 17.7 Å². The highest BCUT2D eigenvalue weighted by Crippen LogP contribution is 2.28. The van der Waals surface area contributed by atoms with Gasteiger partial charge in [0.15, 0.2) is 0 Å². The molecule has 0 saturated carbocycles. The van der Waals surface area contributed by atoms with Crippen molar-refractivity contribution in [3.63, 3.8) is 0 Å². The topological polar surface area (TPSA) is 45.2 Å². The van der Waals surface area contributed by atoms with Gasteiger partial charge < -0.3 is 10.4 Å². The molecule has 4 heteroatoms. The van der Waals surface area contributed by atoms with E-state index in [0.29, 0.717) is 16.4 Å². The van der Waals surface area contributed by atoms with Gasteiger partial charge in [-0.2, -0.15) is 0 Å². The van der Waals surface area contributed by atoms with Gasteiger partial charge in [0.05, 0.1) is 5.70 Å². The number of aromatic nitrogens is 1. The normalized spacial score (nSPS) is 10.2. The lowest BCUT2D eigenvalue weighted by molar-refractivity contribution is 0.470. The van der Waals surface area contributed by atoms with Gasteiger partial charge in [-0.05, 0) is 30.7 Å². The fourth-order valence-electron chi connectivity index (χ4n) is 1.81. The summed E-state index contributed by atoms with van der Waals surface area (Å²) in [7, 11) is 0. The Labute approximate surface area is 117 Å². The Bertz CT molecular complexity index is 611. The molecule has 0 aliphatic rings. The first-order valence-corrected chi connectivity index (χ1v) is 6.37. The van der Waals surface area contributed by atoms with E-state index >= 15 is 0 Å². The van der Waals surface area contributed by atoms with Gasteiger partial charge in [-0.3, -0.25) is 4.98 Å².